The fourth-order valence-corrected chi connectivity index (χ4v) is 2.31. The van der Waals surface area contributed by atoms with Crippen molar-refractivity contribution >= 4 is 23.1 Å². The monoisotopic (exact) mass is 321 g/mol. The maximum Gasteiger partial charge on any atom is 0.221 e. The summed E-state index contributed by atoms with van der Waals surface area (Å²) in [5.41, 5.74) is 3.63. The topological polar surface area (TPSA) is 82.0 Å². The Morgan fingerprint density at radius 3 is 2.38 bits per heavy atom. The summed E-state index contributed by atoms with van der Waals surface area (Å²) in [6, 6.07) is 14.8. The zero-order valence-electron chi connectivity index (χ0n) is 13.7. The van der Waals surface area contributed by atoms with Gasteiger partial charge in [0.25, 0.3) is 0 Å². The number of carbonyl (C=O) groups excluding carboxylic acids is 2. The molecular formula is C19H19N3O2. The second-order valence-corrected chi connectivity index (χ2v) is 5.48. The van der Waals surface area contributed by atoms with Crippen LogP contribution in [0.3, 0.4) is 0 Å². The quantitative estimate of drug-likeness (QED) is 0.799. The number of Topliss-reactive ketones (excluding diaryl/α,β-unsaturated/α-hetero) is 1. The van der Waals surface area contributed by atoms with Gasteiger partial charge in [0.05, 0.1) is 11.3 Å². The van der Waals surface area contributed by atoms with Crippen molar-refractivity contribution in [3.8, 4) is 6.07 Å². The Kier molecular flexibility index (Phi) is 5.69. The molecule has 24 heavy (non-hydrogen) atoms. The highest BCUT2D eigenvalue weighted by atomic mass is 16.1. The molecule has 0 aliphatic carbocycles. The fourth-order valence-electron chi connectivity index (χ4n) is 2.31. The van der Waals surface area contributed by atoms with Crippen molar-refractivity contribution < 1.29 is 9.59 Å². The summed E-state index contributed by atoms with van der Waals surface area (Å²) in [4.78, 5) is 22.5. The third-order valence-corrected chi connectivity index (χ3v) is 3.55. The Balaban J connectivity index is 1.99. The van der Waals surface area contributed by atoms with E-state index in [2.05, 4.69) is 16.7 Å². The van der Waals surface area contributed by atoms with Crippen LogP contribution < -0.4 is 10.6 Å². The Hall–Kier alpha value is -3.13. The minimum atomic E-state index is -0.0983. The van der Waals surface area contributed by atoms with Gasteiger partial charge in [-0.1, -0.05) is 12.1 Å². The molecule has 0 aromatic heterocycles. The molecule has 122 valence electrons. The lowest BCUT2D eigenvalue weighted by Crippen LogP contribution is -2.08. The standard InChI is InChI=1S/C19H19N3O2/c1-13(23)16-5-6-17(12-20)19(11-16)21-10-9-15-3-7-18(8-4-15)22-14(2)24/h3-8,11,21H,9-10H2,1-2H3,(H,22,24). The average molecular weight is 321 g/mol. The first-order valence-electron chi connectivity index (χ1n) is 7.65. The van der Waals surface area contributed by atoms with Crippen LogP contribution in [-0.4, -0.2) is 18.2 Å². The van der Waals surface area contributed by atoms with Gasteiger partial charge in [0.2, 0.25) is 5.91 Å². The van der Waals surface area contributed by atoms with Gasteiger partial charge in [-0.15, -0.1) is 0 Å². The number of nitrogens with zero attached hydrogens (tertiary/aromatic N) is 1. The van der Waals surface area contributed by atoms with Crippen LogP contribution in [0.5, 0.6) is 0 Å². The number of ketones is 1. The fraction of sp³-hybridized carbons (Fsp3) is 0.211. The molecule has 0 radical (unpaired) electrons. The third-order valence-electron chi connectivity index (χ3n) is 3.55. The van der Waals surface area contributed by atoms with Crippen molar-refractivity contribution in [1.29, 1.82) is 5.26 Å². The zero-order valence-corrected chi connectivity index (χ0v) is 13.7. The van der Waals surface area contributed by atoms with Crippen LogP contribution in [0.1, 0.15) is 35.3 Å². The lowest BCUT2D eigenvalue weighted by Gasteiger charge is -2.10. The number of nitrogens with one attached hydrogen (secondary N) is 2. The van der Waals surface area contributed by atoms with E-state index in [9.17, 15) is 9.59 Å². The molecule has 5 nitrogen and oxygen atoms in total. The van der Waals surface area contributed by atoms with Crippen molar-refractivity contribution in [3.05, 3.63) is 59.2 Å². The lowest BCUT2D eigenvalue weighted by molar-refractivity contribution is -0.114. The normalized spacial score (nSPS) is 9.88. The molecular weight excluding hydrogens is 302 g/mol. The smallest absolute Gasteiger partial charge is 0.221 e. The number of nitriles is 1. The number of anilines is 2. The van der Waals surface area contributed by atoms with Crippen LogP contribution in [0.25, 0.3) is 0 Å². The van der Waals surface area contributed by atoms with Gasteiger partial charge in [-0.2, -0.15) is 5.26 Å². The number of hydrogen-bond donors (Lipinski definition) is 2. The lowest BCUT2D eigenvalue weighted by atomic mass is 10.1. The Labute approximate surface area is 141 Å². The van der Waals surface area contributed by atoms with E-state index in [1.165, 1.54) is 13.8 Å². The molecule has 2 rings (SSSR count). The van der Waals surface area contributed by atoms with E-state index in [1.807, 2.05) is 24.3 Å². The first-order valence-corrected chi connectivity index (χ1v) is 7.65. The number of hydrogen-bond acceptors (Lipinski definition) is 4. The number of carbonyl (C=O) groups is 2. The van der Waals surface area contributed by atoms with Gasteiger partial charge in [0.1, 0.15) is 6.07 Å². The van der Waals surface area contributed by atoms with Crippen molar-refractivity contribution in [2.45, 2.75) is 20.3 Å². The summed E-state index contributed by atoms with van der Waals surface area (Å²) in [6.07, 6.45) is 0.759. The van der Waals surface area contributed by atoms with Gasteiger partial charge in [-0.3, -0.25) is 9.59 Å². The van der Waals surface area contributed by atoms with E-state index < -0.39 is 0 Å². The summed E-state index contributed by atoms with van der Waals surface area (Å²) in [6.45, 7) is 3.61. The van der Waals surface area contributed by atoms with Gasteiger partial charge in [-0.25, -0.2) is 0 Å². The molecule has 0 heterocycles. The molecule has 0 aliphatic heterocycles. The minimum absolute atomic E-state index is 0.0314. The summed E-state index contributed by atoms with van der Waals surface area (Å²) in [5.74, 6) is -0.130. The number of rotatable bonds is 6. The van der Waals surface area contributed by atoms with Crippen molar-refractivity contribution in [3.63, 3.8) is 0 Å². The molecule has 0 saturated heterocycles. The second-order valence-electron chi connectivity index (χ2n) is 5.48. The minimum Gasteiger partial charge on any atom is -0.384 e. The predicted molar refractivity (Wildman–Crippen MR) is 94.1 cm³/mol. The molecule has 0 aliphatic rings. The van der Waals surface area contributed by atoms with Crippen LogP contribution in [0, 0.1) is 11.3 Å². The molecule has 2 N–H and O–H groups in total. The van der Waals surface area contributed by atoms with E-state index in [0.29, 0.717) is 23.4 Å². The predicted octanol–water partition coefficient (Wildman–Crippen LogP) is 3.37. The van der Waals surface area contributed by atoms with Gasteiger partial charge < -0.3 is 10.6 Å². The van der Waals surface area contributed by atoms with Crippen LogP contribution in [0.4, 0.5) is 11.4 Å². The molecule has 0 saturated carbocycles. The SMILES string of the molecule is CC(=O)Nc1ccc(CCNc2cc(C(C)=O)ccc2C#N)cc1. The average Bonchev–Trinajstić information content (AvgIpc) is 2.55. The maximum absolute atomic E-state index is 11.5. The molecule has 0 unspecified atom stereocenters. The summed E-state index contributed by atoms with van der Waals surface area (Å²) in [7, 11) is 0. The Morgan fingerprint density at radius 2 is 1.79 bits per heavy atom. The molecule has 0 bridgehead atoms. The van der Waals surface area contributed by atoms with Crippen LogP contribution >= 0.6 is 0 Å². The second kappa shape index (κ2) is 7.93. The van der Waals surface area contributed by atoms with E-state index in [0.717, 1.165) is 17.7 Å². The van der Waals surface area contributed by atoms with Gasteiger partial charge in [0, 0.05) is 24.7 Å². The zero-order chi connectivity index (χ0) is 17.5. The van der Waals surface area contributed by atoms with Crippen LogP contribution in [-0.2, 0) is 11.2 Å². The highest BCUT2D eigenvalue weighted by Gasteiger charge is 2.06. The molecule has 0 spiro atoms. The summed E-state index contributed by atoms with van der Waals surface area (Å²) in [5, 5.41) is 15.1. The molecule has 0 fully saturated rings. The molecule has 1 amide bonds. The summed E-state index contributed by atoms with van der Waals surface area (Å²) < 4.78 is 0. The van der Waals surface area contributed by atoms with Crippen molar-refractivity contribution in [2.24, 2.45) is 0 Å². The highest BCUT2D eigenvalue weighted by molar-refractivity contribution is 5.95. The van der Waals surface area contributed by atoms with E-state index in [4.69, 9.17) is 5.26 Å². The highest BCUT2D eigenvalue weighted by Crippen LogP contribution is 2.18. The molecule has 2 aromatic rings. The number of amides is 1. The Bertz CT molecular complexity index is 789. The van der Waals surface area contributed by atoms with E-state index in [-0.39, 0.29) is 11.7 Å². The maximum atomic E-state index is 11.5. The first-order chi connectivity index (χ1) is 11.5. The van der Waals surface area contributed by atoms with Crippen LogP contribution in [0.15, 0.2) is 42.5 Å². The van der Waals surface area contributed by atoms with Crippen LogP contribution in [0.2, 0.25) is 0 Å². The van der Waals surface area contributed by atoms with Gasteiger partial charge in [0.15, 0.2) is 5.78 Å². The number of benzene rings is 2. The molecule has 0 atom stereocenters. The van der Waals surface area contributed by atoms with Crippen molar-refractivity contribution in [2.75, 3.05) is 17.2 Å². The van der Waals surface area contributed by atoms with Gasteiger partial charge in [-0.05, 0) is 49.2 Å². The molecule has 2 aromatic carbocycles. The molecule has 5 heteroatoms. The van der Waals surface area contributed by atoms with E-state index >= 15 is 0 Å². The largest absolute Gasteiger partial charge is 0.384 e. The third kappa shape index (κ3) is 4.68. The van der Waals surface area contributed by atoms with Gasteiger partial charge >= 0.3 is 0 Å². The summed E-state index contributed by atoms with van der Waals surface area (Å²) >= 11 is 0. The first kappa shape index (κ1) is 17.2. The van der Waals surface area contributed by atoms with Crippen molar-refractivity contribution in [1.82, 2.24) is 0 Å². The Morgan fingerprint density at radius 1 is 1.08 bits per heavy atom. The van der Waals surface area contributed by atoms with E-state index in [1.54, 1.807) is 18.2 Å².